The number of anilines is 1. The summed E-state index contributed by atoms with van der Waals surface area (Å²) in [5, 5.41) is 4.01. The maximum absolute atomic E-state index is 13.6. The Balaban J connectivity index is 1.47. The number of sulfonamides is 1. The fraction of sp³-hybridized carbons (Fsp3) is 0.226. The van der Waals surface area contributed by atoms with Crippen molar-refractivity contribution in [3.05, 3.63) is 118 Å². The molecule has 0 aliphatic heterocycles. The van der Waals surface area contributed by atoms with Gasteiger partial charge in [0.25, 0.3) is 5.91 Å². The maximum Gasteiger partial charge on any atom is 0.418 e. The number of halogens is 3. The van der Waals surface area contributed by atoms with Gasteiger partial charge in [0.05, 0.1) is 36.0 Å². The summed E-state index contributed by atoms with van der Waals surface area (Å²) in [4.78, 5) is 12.7. The molecular formula is C31H31F3N4O3S. The number of hydrogen-bond donors (Lipinski definition) is 1. The molecule has 1 heterocycles. The number of carbonyl (C=O) groups excluding carboxylic acids is 1. The van der Waals surface area contributed by atoms with Gasteiger partial charge in [0.2, 0.25) is 10.0 Å². The molecule has 1 N–H and O–H groups in total. The third-order valence-corrected chi connectivity index (χ3v) is 8.15. The van der Waals surface area contributed by atoms with Crippen molar-refractivity contribution in [3.8, 4) is 5.69 Å². The Morgan fingerprint density at radius 2 is 1.62 bits per heavy atom. The van der Waals surface area contributed by atoms with Gasteiger partial charge in [-0.2, -0.15) is 18.3 Å². The van der Waals surface area contributed by atoms with Crippen molar-refractivity contribution in [3.63, 3.8) is 0 Å². The smallest absolute Gasteiger partial charge is 0.317 e. The van der Waals surface area contributed by atoms with Gasteiger partial charge in [-0.3, -0.25) is 9.10 Å². The number of nitrogens with one attached hydrogen (secondary N) is 1. The highest BCUT2D eigenvalue weighted by atomic mass is 32.2. The molecule has 0 aliphatic carbocycles. The Bertz CT molecular complexity index is 1760. The largest absolute Gasteiger partial charge is 0.418 e. The molecule has 0 bridgehead atoms. The van der Waals surface area contributed by atoms with Gasteiger partial charge in [0.15, 0.2) is 0 Å². The van der Waals surface area contributed by atoms with E-state index < -0.39 is 27.7 Å². The predicted octanol–water partition coefficient (Wildman–Crippen LogP) is 6.46. The normalized spacial score (nSPS) is 12.1. The second kappa shape index (κ2) is 11.8. The minimum atomic E-state index is -4.51. The summed E-state index contributed by atoms with van der Waals surface area (Å²) >= 11 is 0. The quantitative estimate of drug-likeness (QED) is 0.187. The molecule has 0 atom stereocenters. The fourth-order valence-electron chi connectivity index (χ4n) is 4.63. The van der Waals surface area contributed by atoms with Crippen LogP contribution in [0.3, 0.4) is 0 Å². The Morgan fingerprint density at radius 1 is 0.952 bits per heavy atom. The number of benzene rings is 3. The second-order valence-corrected chi connectivity index (χ2v) is 12.0. The molecule has 4 rings (SSSR count). The number of amides is 1. The van der Waals surface area contributed by atoms with E-state index in [1.54, 1.807) is 56.3 Å². The summed E-state index contributed by atoms with van der Waals surface area (Å²) in [5.74, 6) is -0.497. The average Bonchev–Trinajstić information content (AvgIpc) is 3.20. The molecule has 1 amide bonds. The molecule has 0 spiro atoms. The number of nitrogens with zero attached hydrogens (tertiary/aromatic N) is 3. The zero-order valence-electron chi connectivity index (χ0n) is 23.8. The Morgan fingerprint density at radius 3 is 2.24 bits per heavy atom. The van der Waals surface area contributed by atoms with Gasteiger partial charge in [0, 0.05) is 22.5 Å². The van der Waals surface area contributed by atoms with Crippen LogP contribution < -0.4 is 9.73 Å². The van der Waals surface area contributed by atoms with E-state index in [1.807, 2.05) is 26.0 Å². The van der Waals surface area contributed by atoms with Crippen LogP contribution in [0.1, 0.15) is 49.6 Å². The zero-order chi connectivity index (χ0) is 30.8. The molecule has 0 aliphatic rings. The number of para-hydroxylation sites is 1. The standard InChI is InChI=1S/C31H31F3N4O3S/c1-20-10-15-27(16-21(20)2)37(42(5,40)41)19-24-11-13-25(14-12-24)30(39)36-35-18-26-17-22(3)38(23(26)4)29-9-7-6-8-28(29)31(32,33)34/h6-18H,19H2,1-5H3,(H,36,39)/b35-18-. The van der Waals surface area contributed by atoms with Crippen molar-refractivity contribution in [1.29, 1.82) is 0 Å². The molecule has 4 aromatic rings. The number of alkyl halides is 3. The maximum atomic E-state index is 13.6. The van der Waals surface area contributed by atoms with E-state index in [1.165, 1.54) is 27.2 Å². The van der Waals surface area contributed by atoms with Crippen molar-refractivity contribution in [1.82, 2.24) is 9.99 Å². The Hall–Kier alpha value is -4.38. The molecule has 0 fully saturated rings. The summed E-state index contributed by atoms with van der Waals surface area (Å²) < 4.78 is 68.6. The number of hydrazone groups is 1. The molecule has 1 aromatic heterocycles. The van der Waals surface area contributed by atoms with Crippen LogP contribution in [-0.4, -0.2) is 31.4 Å². The van der Waals surface area contributed by atoms with E-state index in [0.717, 1.165) is 23.4 Å². The lowest BCUT2D eigenvalue weighted by atomic mass is 10.1. The minimum Gasteiger partial charge on any atom is -0.317 e. The van der Waals surface area contributed by atoms with Crippen LogP contribution in [0, 0.1) is 27.7 Å². The van der Waals surface area contributed by atoms with Gasteiger partial charge >= 0.3 is 6.18 Å². The van der Waals surface area contributed by atoms with Gasteiger partial charge in [-0.15, -0.1) is 0 Å². The van der Waals surface area contributed by atoms with Gasteiger partial charge in [-0.1, -0.05) is 30.3 Å². The highest BCUT2D eigenvalue weighted by molar-refractivity contribution is 7.92. The molecule has 0 radical (unpaired) electrons. The zero-order valence-corrected chi connectivity index (χ0v) is 24.6. The lowest BCUT2D eigenvalue weighted by molar-refractivity contribution is -0.137. The number of hydrogen-bond acceptors (Lipinski definition) is 4. The van der Waals surface area contributed by atoms with Crippen LogP contribution >= 0.6 is 0 Å². The number of aromatic nitrogens is 1. The first kappa shape index (κ1) is 30.6. The fourth-order valence-corrected chi connectivity index (χ4v) is 5.51. The van der Waals surface area contributed by atoms with Gasteiger partial charge in [-0.25, -0.2) is 13.8 Å². The summed E-state index contributed by atoms with van der Waals surface area (Å²) in [5.41, 5.74) is 6.93. The van der Waals surface area contributed by atoms with E-state index in [4.69, 9.17) is 0 Å². The number of aryl methyl sites for hydroxylation is 3. The van der Waals surface area contributed by atoms with Gasteiger partial charge in [0.1, 0.15) is 0 Å². The van der Waals surface area contributed by atoms with Crippen LogP contribution in [0.2, 0.25) is 0 Å². The van der Waals surface area contributed by atoms with Crippen LogP contribution in [0.25, 0.3) is 5.69 Å². The minimum absolute atomic E-state index is 0.00993. The first-order chi connectivity index (χ1) is 19.7. The van der Waals surface area contributed by atoms with E-state index in [2.05, 4.69) is 10.5 Å². The first-order valence-electron chi connectivity index (χ1n) is 13.0. The van der Waals surface area contributed by atoms with Crippen molar-refractivity contribution < 1.29 is 26.4 Å². The van der Waals surface area contributed by atoms with Crippen molar-refractivity contribution in [2.75, 3.05) is 10.6 Å². The summed E-state index contributed by atoms with van der Waals surface area (Å²) in [7, 11) is -3.57. The monoisotopic (exact) mass is 596 g/mol. The Kier molecular flexibility index (Phi) is 8.63. The number of rotatable bonds is 8. The second-order valence-electron chi connectivity index (χ2n) is 10.1. The predicted molar refractivity (Wildman–Crippen MR) is 159 cm³/mol. The van der Waals surface area contributed by atoms with Gasteiger partial charge in [-0.05, 0) is 86.8 Å². The lowest BCUT2D eigenvalue weighted by Crippen LogP contribution is -2.29. The van der Waals surface area contributed by atoms with E-state index in [0.29, 0.717) is 33.8 Å². The van der Waals surface area contributed by atoms with Crippen molar-refractivity contribution in [2.24, 2.45) is 5.10 Å². The molecule has 42 heavy (non-hydrogen) atoms. The summed E-state index contributed by atoms with van der Waals surface area (Å²) in [6, 6.07) is 19.0. The molecule has 0 saturated carbocycles. The van der Waals surface area contributed by atoms with Crippen LogP contribution in [0.5, 0.6) is 0 Å². The SMILES string of the molecule is Cc1ccc(N(Cc2ccc(C(=O)N/N=C\c3cc(C)n(-c4ccccc4C(F)(F)F)c3C)cc2)S(C)(=O)=O)cc1C. The van der Waals surface area contributed by atoms with Crippen LogP contribution in [0.15, 0.2) is 77.9 Å². The highest BCUT2D eigenvalue weighted by Gasteiger charge is 2.34. The molecule has 3 aromatic carbocycles. The molecule has 0 unspecified atom stereocenters. The topological polar surface area (TPSA) is 83.8 Å². The highest BCUT2D eigenvalue weighted by Crippen LogP contribution is 2.35. The third kappa shape index (κ3) is 6.73. The van der Waals surface area contributed by atoms with E-state index in [-0.39, 0.29) is 12.2 Å². The molecular weight excluding hydrogens is 565 g/mol. The summed E-state index contributed by atoms with van der Waals surface area (Å²) in [6.45, 7) is 7.34. The molecule has 11 heteroatoms. The molecule has 7 nitrogen and oxygen atoms in total. The third-order valence-electron chi connectivity index (χ3n) is 7.01. The van der Waals surface area contributed by atoms with Crippen LogP contribution in [-0.2, 0) is 22.7 Å². The van der Waals surface area contributed by atoms with Crippen LogP contribution in [0.4, 0.5) is 18.9 Å². The van der Waals surface area contributed by atoms with E-state index in [9.17, 15) is 26.4 Å². The van der Waals surface area contributed by atoms with Crippen molar-refractivity contribution >= 4 is 27.8 Å². The summed E-state index contributed by atoms with van der Waals surface area (Å²) in [6.07, 6.45) is -1.98. The first-order valence-corrected chi connectivity index (χ1v) is 14.8. The number of carbonyl (C=O) groups is 1. The lowest BCUT2D eigenvalue weighted by Gasteiger charge is -2.23. The molecule has 220 valence electrons. The Labute approximate surface area is 243 Å². The average molecular weight is 597 g/mol. The van der Waals surface area contributed by atoms with Gasteiger partial charge < -0.3 is 4.57 Å². The van der Waals surface area contributed by atoms with Crippen molar-refractivity contribution in [2.45, 2.75) is 40.4 Å². The molecule has 0 saturated heterocycles. The van der Waals surface area contributed by atoms with E-state index >= 15 is 0 Å².